The van der Waals surface area contributed by atoms with Gasteiger partial charge in [0.2, 0.25) is 5.91 Å². The van der Waals surface area contributed by atoms with Gasteiger partial charge in [-0.25, -0.2) is 4.98 Å². The summed E-state index contributed by atoms with van der Waals surface area (Å²) in [6.45, 7) is 0.389. The fraction of sp³-hybridized carbons (Fsp3) is 0.333. The van der Waals surface area contributed by atoms with E-state index in [1.165, 1.54) is 11.0 Å². The number of hydrogen-bond acceptors (Lipinski definition) is 4. The Labute approximate surface area is 110 Å². The van der Waals surface area contributed by atoms with Crippen molar-refractivity contribution in [3.8, 4) is 0 Å². The van der Waals surface area contributed by atoms with Crippen LogP contribution in [-0.2, 0) is 4.79 Å². The van der Waals surface area contributed by atoms with E-state index in [1.807, 2.05) is 0 Å². The molecule has 1 unspecified atom stereocenters. The van der Waals surface area contributed by atoms with Gasteiger partial charge in [0.15, 0.2) is 0 Å². The Hall–Kier alpha value is -1.21. The zero-order chi connectivity index (χ0) is 12.6. The van der Waals surface area contributed by atoms with Crippen LogP contribution in [0.25, 0.3) is 0 Å². The molecule has 0 saturated carbocycles. The molecule has 0 aliphatic carbocycles. The Kier molecular flexibility index (Phi) is 3.30. The lowest BCUT2D eigenvalue weighted by atomic mass is 10.3. The molecule has 1 aliphatic heterocycles. The Morgan fingerprint density at radius 1 is 1.65 bits per heavy atom. The van der Waals surface area contributed by atoms with E-state index in [2.05, 4.69) is 20.9 Å². The van der Waals surface area contributed by atoms with Crippen LogP contribution in [0.2, 0.25) is 5.15 Å². The number of aromatic nitrogens is 1. The summed E-state index contributed by atoms with van der Waals surface area (Å²) in [5, 5.41) is 11.0. The summed E-state index contributed by atoms with van der Waals surface area (Å²) in [4.78, 5) is 27.0. The van der Waals surface area contributed by atoms with Crippen LogP contribution in [0.1, 0.15) is 6.42 Å². The molecule has 2 rings (SSSR count). The monoisotopic (exact) mass is 319 g/mol. The first-order chi connectivity index (χ1) is 7.99. The van der Waals surface area contributed by atoms with Crippen molar-refractivity contribution in [2.75, 3.05) is 11.4 Å². The van der Waals surface area contributed by atoms with Gasteiger partial charge in [-0.1, -0.05) is 27.5 Å². The average molecular weight is 321 g/mol. The number of pyridine rings is 1. The van der Waals surface area contributed by atoms with Gasteiger partial charge in [0.1, 0.15) is 17.0 Å². The van der Waals surface area contributed by atoms with Gasteiger partial charge < -0.3 is 4.90 Å². The van der Waals surface area contributed by atoms with Gasteiger partial charge >= 0.3 is 5.69 Å². The van der Waals surface area contributed by atoms with Crippen molar-refractivity contribution >= 4 is 44.8 Å². The zero-order valence-corrected chi connectivity index (χ0v) is 10.8. The highest BCUT2D eigenvalue weighted by Gasteiger charge is 2.33. The van der Waals surface area contributed by atoms with E-state index in [0.717, 1.165) is 6.20 Å². The van der Waals surface area contributed by atoms with E-state index in [1.54, 1.807) is 0 Å². The summed E-state index contributed by atoms with van der Waals surface area (Å²) < 4.78 is 0. The molecule has 0 aromatic carbocycles. The molecule has 2 heterocycles. The number of amides is 1. The largest absolute Gasteiger partial charge is 0.311 e. The molecular formula is C9H7BrClN3O3. The highest BCUT2D eigenvalue weighted by atomic mass is 79.9. The van der Waals surface area contributed by atoms with Crippen molar-refractivity contribution in [2.45, 2.75) is 11.2 Å². The topological polar surface area (TPSA) is 76.3 Å². The van der Waals surface area contributed by atoms with Crippen LogP contribution in [0.4, 0.5) is 11.4 Å². The molecule has 0 bridgehead atoms. The van der Waals surface area contributed by atoms with Crippen LogP contribution < -0.4 is 4.90 Å². The van der Waals surface area contributed by atoms with Crippen LogP contribution >= 0.6 is 27.5 Å². The molecular weight excluding hydrogens is 313 g/mol. The standard InChI is InChI=1S/C9H7BrClN3O3/c10-5-1-9(15)13(4-5)6-2-8(11)12-3-7(6)14(16)17/h2-3,5H,1,4H2. The quantitative estimate of drug-likeness (QED) is 0.362. The Balaban J connectivity index is 2.46. The number of carbonyl (C=O) groups excluding carboxylic acids is 1. The molecule has 17 heavy (non-hydrogen) atoms. The van der Waals surface area contributed by atoms with E-state index in [0.29, 0.717) is 13.0 Å². The lowest BCUT2D eigenvalue weighted by molar-refractivity contribution is -0.384. The van der Waals surface area contributed by atoms with Crippen LogP contribution in [-0.4, -0.2) is 27.2 Å². The van der Waals surface area contributed by atoms with E-state index >= 15 is 0 Å². The van der Waals surface area contributed by atoms with Gasteiger partial charge in [0, 0.05) is 23.9 Å². The second-order valence-corrected chi connectivity index (χ2v) is 5.24. The van der Waals surface area contributed by atoms with Crippen molar-refractivity contribution in [2.24, 2.45) is 0 Å². The Morgan fingerprint density at radius 2 is 2.35 bits per heavy atom. The molecule has 1 amide bonds. The highest BCUT2D eigenvalue weighted by Crippen LogP contribution is 2.33. The van der Waals surface area contributed by atoms with Gasteiger partial charge in [-0.3, -0.25) is 14.9 Å². The Bertz CT molecular complexity index is 496. The predicted octanol–water partition coefficient (Wildman–Crippen LogP) is 2.14. The highest BCUT2D eigenvalue weighted by molar-refractivity contribution is 9.09. The normalized spacial score (nSPS) is 19.8. The first-order valence-electron chi connectivity index (χ1n) is 4.73. The minimum atomic E-state index is -0.576. The van der Waals surface area contributed by atoms with Gasteiger partial charge in [0.05, 0.1) is 4.92 Å². The van der Waals surface area contributed by atoms with Gasteiger partial charge in [-0.15, -0.1) is 0 Å². The molecule has 1 aromatic rings. The smallest absolute Gasteiger partial charge is 0.305 e. The summed E-state index contributed by atoms with van der Waals surface area (Å²) in [7, 11) is 0. The van der Waals surface area contributed by atoms with E-state index in [4.69, 9.17) is 11.6 Å². The minimum absolute atomic E-state index is 0.00143. The number of halogens is 2. The fourth-order valence-electron chi connectivity index (χ4n) is 1.67. The summed E-state index contributed by atoms with van der Waals surface area (Å²) >= 11 is 9.02. The number of nitro groups is 1. The lowest BCUT2D eigenvalue weighted by Crippen LogP contribution is -2.25. The van der Waals surface area contributed by atoms with Gasteiger partial charge in [-0.05, 0) is 0 Å². The average Bonchev–Trinajstić information content (AvgIpc) is 2.57. The van der Waals surface area contributed by atoms with E-state index in [-0.39, 0.29) is 27.3 Å². The van der Waals surface area contributed by atoms with Crippen molar-refractivity contribution in [3.63, 3.8) is 0 Å². The SMILES string of the molecule is O=C1CC(Br)CN1c1cc(Cl)ncc1[N+](=O)[O-]. The fourth-order valence-corrected chi connectivity index (χ4v) is 2.39. The van der Waals surface area contributed by atoms with Gasteiger partial charge in [0.25, 0.3) is 0 Å². The van der Waals surface area contributed by atoms with Crippen LogP contribution in [0, 0.1) is 10.1 Å². The zero-order valence-electron chi connectivity index (χ0n) is 8.47. The molecule has 6 nitrogen and oxygen atoms in total. The third-order valence-electron chi connectivity index (χ3n) is 2.39. The summed E-state index contributed by atoms with van der Waals surface area (Å²) in [6.07, 6.45) is 1.38. The van der Waals surface area contributed by atoms with Crippen LogP contribution in [0.3, 0.4) is 0 Å². The summed E-state index contributed by atoms with van der Waals surface area (Å²) in [6, 6.07) is 1.34. The summed E-state index contributed by atoms with van der Waals surface area (Å²) in [5.74, 6) is -0.169. The number of rotatable bonds is 2. The molecule has 1 aromatic heterocycles. The number of hydrogen-bond donors (Lipinski definition) is 0. The molecule has 1 saturated heterocycles. The number of carbonyl (C=O) groups is 1. The Morgan fingerprint density at radius 3 is 2.88 bits per heavy atom. The third-order valence-corrected chi connectivity index (χ3v) is 3.21. The molecule has 1 aliphatic rings. The van der Waals surface area contributed by atoms with E-state index in [9.17, 15) is 14.9 Å². The molecule has 0 spiro atoms. The molecule has 90 valence electrons. The van der Waals surface area contributed by atoms with Crippen molar-refractivity contribution in [3.05, 3.63) is 27.5 Å². The van der Waals surface area contributed by atoms with Crippen molar-refractivity contribution in [1.82, 2.24) is 4.98 Å². The maximum Gasteiger partial charge on any atom is 0.311 e. The number of alkyl halides is 1. The first kappa shape index (κ1) is 12.3. The summed E-state index contributed by atoms with van der Waals surface area (Å²) in [5.41, 5.74) is -0.0219. The number of anilines is 1. The molecule has 1 fully saturated rings. The van der Waals surface area contributed by atoms with Crippen LogP contribution in [0.15, 0.2) is 12.3 Å². The van der Waals surface area contributed by atoms with E-state index < -0.39 is 4.92 Å². The van der Waals surface area contributed by atoms with Gasteiger partial charge in [-0.2, -0.15) is 0 Å². The predicted molar refractivity (Wildman–Crippen MR) is 65.6 cm³/mol. The maximum absolute atomic E-state index is 11.7. The molecule has 0 radical (unpaired) electrons. The first-order valence-corrected chi connectivity index (χ1v) is 6.03. The van der Waals surface area contributed by atoms with Crippen molar-refractivity contribution < 1.29 is 9.72 Å². The molecule has 8 heteroatoms. The van der Waals surface area contributed by atoms with Crippen molar-refractivity contribution in [1.29, 1.82) is 0 Å². The third kappa shape index (κ3) is 2.39. The molecule has 1 atom stereocenters. The maximum atomic E-state index is 11.7. The molecule has 0 N–H and O–H groups in total. The second-order valence-electron chi connectivity index (χ2n) is 3.56. The number of nitrogens with zero attached hydrogens (tertiary/aromatic N) is 3. The lowest BCUT2D eigenvalue weighted by Gasteiger charge is -2.15. The minimum Gasteiger partial charge on any atom is -0.305 e. The van der Waals surface area contributed by atoms with Crippen LogP contribution in [0.5, 0.6) is 0 Å². The second kappa shape index (κ2) is 4.58.